The molecule has 0 saturated carbocycles. The van der Waals surface area contributed by atoms with E-state index in [0.29, 0.717) is 25.7 Å². The van der Waals surface area contributed by atoms with E-state index in [1.54, 1.807) is 18.2 Å². The predicted octanol–water partition coefficient (Wildman–Crippen LogP) is 4.32. The van der Waals surface area contributed by atoms with Crippen LogP contribution in [0.5, 0.6) is 0 Å². The van der Waals surface area contributed by atoms with E-state index in [0.717, 1.165) is 0 Å². The molecule has 1 aromatic heterocycles. The summed E-state index contributed by atoms with van der Waals surface area (Å²) in [5.41, 5.74) is 0.686. The van der Waals surface area contributed by atoms with Crippen LogP contribution in [0.15, 0.2) is 18.2 Å². The molecule has 0 aliphatic carbocycles. The van der Waals surface area contributed by atoms with Gasteiger partial charge in [0.1, 0.15) is 0 Å². The first kappa shape index (κ1) is 15.7. The van der Waals surface area contributed by atoms with Crippen LogP contribution in [0.4, 0.5) is 5.13 Å². The smallest absolute Gasteiger partial charge is 0.296 e. The lowest BCUT2D eigenvalue weighted by molar-refractivity contribution is 0.281. The van der Waals surface area contributed by atoms with Gasteiger partial charge in [0.15, 0.2) is 5.01 Å². The highest BCUT2D eigenvalue weighted by atomic mass is 35.5. The Bertz CT molecular complexity index is 659. The molecule has 1 N–H and O–H groups in total. The minimum atomic E-state index is -3.40. The maximum atomic E-state index is 11.9. The Kier molecular flexibility index (Phi) is 5.01. The van der Waals surface area contributed by atoms with Crippen molar-refractivity contribution in [3.05, 3.63) is 28.2 Å². The zero-order chi connectivity index (χ0) is 14.8. The molecule has 0 saturated heterocycles. The number of nitrogens with zero attached hydrogens (tertiary/aromatic N) is 2. The molecular formula is C10H10Cl2N3O3PS. The van der Waals surface area contributed by atoms with Crippen LogP contribution in [-0.4, -0.2) is 24.4 Å². The van der Waals surface area contributed by atoms with Gasteiger partial charge in [-0.25, -0.2) is 4.57 Å². The SMILES string of the molecule is COP(=O)(Nc1nnc(-c2ccc(Cl)cc2Cl)s1)OC. The Morgan fingerprint density at radius 1 is 1.25 bits per heavy atom. The molecule has 2 aromatic rings. The summed E-state index contributed by atoms with van der Waals surface area (Å²) in [6.07, 6.45) is 0. The zero-order valence-corrected chi connectivity index (χ0v) is 13.7. The fraction of sp³-hybridized carbons (Fsp3) is 0.200. The molecule has 2 rings (SSSR count). The summed E-state index contributed by atoms with van der Waals surface area (Å²) in [7, 11) is -0.851. The first-order valence-electron chi connectivity index (χ1n) is 5.26. The van der Waals surface area contributed by atoms with E-state index in [1.165, 1.54) is 25.6 Å². The normalized spacial score (nSPS) is 11.6. The summed E-state index contributed by atoms with van der Waals surface area (Å²) < 4.78 is 21.4. The van der Waals surface area contributed by atoms with Crippen molar-refractivity contribution in [2.75, 3.05) is 19.3 Å². The van der Waals surface area contributed by atoms with Crippen molar-refractivity contribution in [2.24, 2.45) is 0 Å². The molecule has 108 valence electrons. The number of nitrogens with one attached hydrogen (secondary N) is 1. The second-order valence-electron chi connectivity index (χ2n) is 3.51. The third-order valence-corrected chi connectivity index (χ3v) is 5.32. The van der Waals surface area contributed by atoms with Gasteiger partial charge in [0.25, 0.3) is 0 Å². The summed E-state index contributed by atoms with van der Waals surface area (Å²) in [5.74, 6) is 0. The quantitative estimate of drug-likeness (QED) is 0.806. The van der Waals surface area contributed by atoms with Crippen molar-refractivity contribution < 1.29 is 13.6 Å². The summed E-state index contributed by atoms with van der Waals surface area (Å²) >= 11 is 13.1. The van der Waals surface area contributed by atoms with Gasteiger partial charge >= 0.3 is 7.75 Å². The summed E-state index contributed by atoms with van der Waals surface area (Å²) in [6.45, 7) is 0. The summed E-state index contributed by atoms with van der Waals surface area (Å²) in [5, 5.41) is 12.3. The van der Waals surface area contributed by atoms with Crippen molar-refractivity contribution >= 4 is 47.4 Å². The Morgan fingerprint density at radius 3 is 2.55 bits per heavy atom. The third-order valence-electron chi connectivity index (χ3n) is 2.30. The van der Waals surface area contributed by atoms with Gasteiger partial charge in [0.2, 0.25) is 5.13 Å². The average molecular weight is 354 g/mol. The number of halogens is 2. The van der Waals surface area contributed by atoms with E-state index < -0.39 is 7.75 Å². The van der Waals surface area contributed by atoms with Crippen LogP contribution in [0.3, 0.4) is 0 Å². The molecule has 0 aliphatic rings. The van der Waals surface area contributed by atoms with Crippen molar-refractivity contribution in [2.45, 2.75) is 0 Å². The maximum absolute atomic E-state index is 11.9. The van der Waals surface area contributed by atoms with Crippen molar-refractivity contribution in [1.82, 2.24) is 10.2 Å². The van der Waals surface area contributed by atoms with Crippen LogP contribution in [0, 0.1) is 0 Å². The van der Waals surface area contributed by atoms with Crippen LogP contribution in [0.2, 0.25) is 10.0 Å². The highest BCUT2D eigenvalue weighted by Gasteiger charge is 2.23. The summed E-state index contributed by atoms with van der Waals surface area (Å²) in [6, 6.07) is 5.05. The van der Waals surface area contributed by atoms with E-state index in [9.17, 15) is 4.57 Å². The van der Waals surface area contributed by atoms with Crippen molar-refractivity contribution in [3.63, 3.8) is 0 Å². The molecule has 1 heterocycles. The average Bonchev–Trinajstić information content (AvgIpc) is 2.86. The molecule has 0 bridgehead atoms. The predicted molar refractivity (Wildman–Crippen MR) is 80.6 cm³/mol. The van der Waals surface area contributed by atoms with Gasteiger partial charge < -0.3 is 0 Å². The van der Waals surface area contributed by atoms with Gasteiger partial charge in [-0.15, -0.1) is 10.2 Å². The van der Waals surface area contributed by atoms with Crippen molar-refractivity contribution in [3.8, 4) is 10.6 Å². The minimum absolute atomic E-state index is 0.304. The molecule has 0 fully saturated rings. The minimum Gasteiger partial charge on any atom is -0.296 e. The largest absolute Gasteiger partial charge is 0.434 e. The van der Waals surface area contributed by atoms with Gasteiger partial charge in [0.05, 0.1) is 5.02 Å². The second kappa shape index (κ2) is 6.39. The molecule has 0 amide bonds. The molecule has 1 aromatic carbocycles. The molecule has 20 heavy (non-hydrogen) atoms. The number of aromatic nitrogens is 2. The summed E-state index contributed by atoms with van der Waals surface area (Å²) in [4.78, 5) is 0. The van der Waals surface area contributed by atoms with Gasteiger partial charge in [-0.2, -0.15) is 0 Å². The Hall–Kier alpha value is -0.690. The molecule has 0 radical (unpaired) electrons. The van der Waals surface area contributed by atoms with Gasteiger partial charge in [-0.3, -0.25) is 14.1 Å². The molecule has 0 atom stereocenters. The molecule has 6 nitrogen and oxygen atoms in total. The van der Waals surface area contributed by atoms with Crippen LogP contribution in [0.25, 0.3) is 10.6 Å². The van der Waals surface area contributed by atoms with E-state index in [4.69, 9.17) is 32.2 Å². The van der Waals surface area contributed by atoms with Crippen LogP contribution in [0.1, 0.15) is 0 Å². The van der Waals surface area contributed by atoms with Crippen LogP contribution < -0.4 is 5.09 Å². The number of benzene rings is 1. The van der Waals surface area contributed by atoms with Crippen LogP contribution >= 0.6 is 42.3 Å². The fourth-order valence-corrected chi connectivity index (χ4v) is 3.64. The lowest BCUT2D eigenvalue weighted by Crippen LogP contribution is -2.00. The molecule has 0 unspecified atom stereocenters. The van der Waals surface area contributed by atoms with Gasteiger partial charge in [0, 0.05) is 24.8 Å². The Morgan fingerprint density at radius 2 is 1.95 bits per heavy atom. The number of rotatable bonds is 5. The van der Waals surface area contributed by atoms with Crippen molar-refractivity contribution in [1.29, 1.82) is 0 Å². The molecule has 0 spiro atoms. The molecule has 10 heteroatoms. The third kappa shape index (κ3) is 3.49. The highest BCUT2D eigenvalue weighted by Crippen LogP contribution is 2.47. The first-order valence-corrected chi connectivity index (χ1v) is 8.37. The van der Waals surface area contributed by atoms with E-state index in [2.05, 4.69) is 15.3 Å². The number of hydrogen-bond acceptors (Lipinski definition) is 6. The molecule has 0 aliphatic heterocycles. The van der Waals surface area contributed by atoms with E-state index in [1.807, 2.05) is 0 Å². The Balaban J connectivity index is 2.27. The standard InChI is InChI=1S/C10H10Cl2N3O3PS/c1-17-19(16,18-2)15-10-14-13-9(20-10)7-4-3-6(11)5-8(7)12/h3-5H,1-2H3,(H,14,15,16). The fourth-order valence-electron chi connectivity index (χ4n) is 1.32. The lowest BCUT2D eigenvalue weighted by atomic mass is 10.2. The van der Waals surface area contributed by atoms with Gasteiger partial charge in [-0.05, 0) is 18.2 Å². The Labute approximate surface area is 129 Å². The maximum Gasteiger partial charge on any atom is 0.434 e. The number of anilines is 1. The highest BCUT2D eigenvalue weighted by molar-refractivity contribution is 7.56. The van der Waals surface area contributed by atoms with E-state index >= 15 is 0 Å². The number of hydrogen-bond donors (Lipinski definition) is 1. The van der Waals surface area contributed by atoms with Gasteiger partial charge in [-0.1, -0.05) is 34.5 Å². The monoisotopic (exact) mass is 353 g/mol. The topological polar surface area (TPSA) is 73.3 Å². The zero-order valence-electron chi connectivity index (χ0n) is 10.5. The first-order chi connectivity index (χ1) is 9.47. The van der Waals surface area contributed by atoms with Crippen LogP contribution in [-0.2, 0) is 13.6 Å². The molecular weight excluding hydrogens is 344 g/mol. The lowest BCUT2D eigenvalue weighted by Gasteiger charge is -2.12. The van der Waals surface area contributed by atoms with E-state index in [-0.39, 0.29) is 0 Å². The second-order valence-corrected chi connectivity index (χ2v) is 7.28.